The van der Waals surface area contributed by atoms with E-state index in [-0.39, 0.29) is 24.0 Å². The van der Waals surface area contributed by atoms with E-state index < -0.39 is 0 Å². The number of thiophene rings is 1. The number of nitrogens with one attached hydrogen (secondary N) is 2. The lowest BCUT2D eigenvalue weighted by atomic mass is 9.98. The van der Waals surface area contributed by atoms with Crippen LogP contribution in [0.3, 0.4) is 0 Å². The van der Waals surface area contributed by atoms with E-state index in [2.05, 4.69) is 40.1 Å². The summed E-state index contributed by atoms with van der Waals surface area (Å²) in [5.41, 5.74) is 0. The van der Waals surface area contributed by atoms with Gasteiger partial charge in [-0.2, -0.15) is 0 Å². The van der Waals surface area contributed by atoms with Gasteiger partial charge in [0.15, 0.2) is 5.96 Å². The third-order valence-corrected chi connectivity index (χ3v) is 5.14. The third-order valence-electron chi connectivity index (χ3n) is 4.26. The molecule has 132 valence electrons. The zero-order valence-corrected chi connectivity index (χ0v) is 17.4. The number of aliphatic imine (C=N–C) groups is 1. The van der Waals surface area contributed by atoms with E-state index in [9.17, 15) is 0 Å². The summed E-state index contributed by atoms with van der Waals surface area (Å²) < 4.78 is 5.96. The Balaban J connectivity index is 0.00000264. The van der Waals surface area contributed by atoms with Crippen molar-refractivity contribution < 1.29 is 4.74 Å². The van der Waals surface area contributed by atoms with Crippen LogP contribution in [-0.2, 0) is 11.3 Å². The largest absolute Gasteiger partial charge is 0.378 e. The van der Waals surface area contributed by atoms with Gasteiger partial charge in [-0.05, 0) is 43.6 Å². The van der Waals surface area contributed by atoms with Crippen molar-refractivity contribution in [3.05, 3.63) is 22.4 Å². The molecule has 0 spiro atoms. The Labute approximate surface area is 161 Å². The molecule has 1 atom stereocenters. The molecule has 4 nitrogen and oxygen atoms in total. The number of ether oxygens (including phenoxy) is 1. The van der Waals surface area contributed by atoms with Gasteiger partial charge in [0.2, 0.25) is 0 Å². The molecule has 1 aromatic rings. The Hall–Kier alpha value is -0.340. The fourth-order valence-electron chi connectivity index (χ4n) is 3.14. The van der Waals surface area contributed by atoms with Crippen molar-refractivity contribution in [2.75, 3.05) is 20.2 Å². The van der Waals surface area contributed by atoms with Gasteiger partial charge in [-0.15, -0.1) is 35.3 Å². The Morgan fingerprint density at radius 3 is 2.78 bits per heavy atom. The highest BCUT2D eigenvalue weighted by Gasteiger charge is 2.24. The van der Waals surface area contributed by atoms with E-state index in [1.54, 1.807) is 11.3 Å². The highest BCUT2D eigenvalue weighted by Crippen LogP contribution is 2.30. The molecule has 0 saturated heterocycles. The van der Waals surface area contributed by atoms with Crippen molar-refractivity contribution in [2.45, 2.75) is 51.7 Å². The molecule has 1 heterocycles. The van der Waals surface area contributed by atoms with Crippen LogP contribution in [0.4, 0.5) is 0 Å². The van der Waals surface area contributed by atoms with Crippen LogP contribution in [-0.4, -0.2) is 32.3 Å². The van der Waals surface area contributed by atoms with Crippen molar-refractivity contribution in [2.24, 2.45) is 10.9 Å². The Kier molecular flexibility index (Phi) is 10.9. The lowest BCUT2D eigenvalue weighted by Gasteiger charge is -2.24. The van der Waals surface area contributed by atoms with E-state index in [0.29, 0.717) is 6.10 Å². The standard InChI is InChI=1S/C17H29N3OS.HI/c1-3-21-16(14-7-4-5-8-14)10-11-19-17(18-2)20-13-15-9-6-12-22-15;/h6,9,12,14,16H,3-5,7-8,10-11,13H2,1-2H3,(H2,18,19,20);1H. The quantitative estimate of drug-likeness (QED) is 0.357. The van der Waals surface area contributed by atoms with E-state index >= 15 is 0 Å². The SMILES string of the molecule is CCOC(CCNC(=NC)NCc1cccs1)C1CCCC1.I. The Morgan fingerprint density at radius 2 is 2.17 bits per heavy atom. The molecule has 1 aliphatic rings. The molecule has 1 fully saturated rings. The average Bonchev–Trinajstić information content (AvgIpc) is 3.22. The van der Waals surface area contributed by atoms with Crippen molar-refractivity contribution in [1.29, 1.82) is 0 Å². The second kappa shape index (κ2) is 12.1. The molecular weight excluding hydrogens is 421 g/mol. The highest BCUT2D eigenvalue weighted by atomic mass is 127. The third kappa shape index (κ3) is 7.39. The lowest BCUT2D eigenvalue weighted by molar-refractivity contribution is 0.0169. The first-order chi connectivity index (χ1) is 10.8. The van der Waals surface area contributed by atoms with Gasteiger partial charge in [0.05, 0.1) is 12.6 Å². The molecule has 1 aliphatic carbocycles. The van der Waals surface area contributed by atoms with E-state index in [1.807, 2.05) is 7.05 Å². The van der Waals surface area contributed by atoms with Crippen LogP contribution in [0.15, 0.2) is 22.5 Å². The van der Waals surface area contributed by atoms with Gasteiger partial charge in [0.1, 0.15) is 0 Å². The maximum Gasteiger partial charge on any atom is 0.191 e. The molecule has 0 aliphatic heterocycles. The van der Waals surface area contributed by atoms with Gasteiger partial charge < -0.3 is 15.4 Å². The second-order valence-corrected chi connectivity index (χ2v) is 6.79. The van der Waals surface area contributed by atoms with Gasteiger partial charge in [-0.25, -0.2) is 0 Å². The fraction of sp³-hybridized carbons (Fsp3) is 0.706. The summed E-state index contributed by atoms with van der Waals surface area (Å²) in [4.78, 5) is 5.61. The highest BCUT2D eigenvalue weighted by molar-refractivity contribution is 14.0. The normalized spacial score (nSPS) is 16.9. The summed E-state index contributed by atoms with van der Waals surface area (Å²) in [6.45, 7) is 4.64. The van der Waals surface area contributed by atoms with Crippen LogP contribution in [0, 0.1) is 5.92 Å². The summed E-state index contributed by atoms with van der Waals surface area (Å²) in [5, 5.41) is 8.86. The number of guanidine groups is 1. The summed E-state index contributed by atoms with van der Waals surface area (Å²) >= 11 is 1.76. The molecule has 2 N–H and O–H groups in total. The summed E-state index contributed by atoms with van der Waals surface area (Å²) in [5.74, 6) is 1.62. The molecule has 0 bridgehead atoms. The zero-order chi connectivity index (χ0) is 15.6. The Morgan fingerprint density at radius 1 is 1.39 bits per heavy atom. The molecule has 1 saturated carbocycles. The number of nitrogens with zero attached hydrogens (tertiary/aromatic N) is 1. The van der Waals surface area contributed by atoms with Crippen molar-refractivity contribution in [3.63, 3.8) is 0 Å². The van der Waals surface area contributed by atoms with Gasteiger partial charge in [-0.3, -0.25) is 4.99 Å². The van der Waals surface area contributed by atoms with Crippen LogP contribution < -0.4 is 10.6 Å². The monoisotopic (exact) mass is 451 g/mol. The predicted molar refractivity (Wildman–Crippen MR) is 110 cm³/mol. The smallest absolute Gasteiger partial charge is 0.191 e. The first-order valence-electron chi connectivity index (χ1n) is 8.42. The average molecular weight is 451 g/mol. The second-order valence-electron chi connectivity index (χ2n) is 5.76. The van der Waals surface area contributed by atoms with Gasteiger partial charge in [0.25, 0.3) is 0 Å². The van der Waals surface area contributed by atoms with Crippen LogP contribution in [0.1, 0.15) is 43.9 Å². The van der Waals surface area contributed by atoms with Crippen LogP contribution >= 0.6 is 35.3 Å². The predicted octanol–water partition coefficient (Wildman–Crippen LogP) is 4.02. The first-order valence-corrected chi connectivity index (χ1v) is 9.30. The molecule has 1 aromatic heterocycles. The molecule has 0 radical (unpaired) electrons. The van der Waals surface area contributed by atoms with Gasteiger partial charge in [-0.1, -0.05) is 18.9 Å². The minimum Gasteiger partial charge on any atom is -0.378 e. The van der Waals surface area contributed by atoms with Crippen molar-refractivity contribution >= 4 is 41.3 Å². The molecule has 2 rings (SSSR count). The minimum absolute atomic E-state index is 0. The maximum atomic E-state index is 5.96. The van der Waals surface area contributed by atoms with Gasteiger partial charge >= 0.3 is 0 Å². The summed E-state index contributed by atoms with van der Waals surface area (Å²) in [6, 6.07) is 4.21. The fourth-order valence-corrected chi connectivity index (χ4v) is 3.78. The maximum absolute atomic E-state index is 5.96. The number of rotatable bonds is 8. The van der Waals surface area contributed by atoms with E-state index in [0.717, 1.165) is 38.0 Å². The van der Waals surface area contributed by atoms with Crippen LogP contribution in [0.2, 0.25) is 0 Å². The molecule has 23 heavy (non-hydrogen) atoms. The van der Waals surface area contributed by atoms with Crippen LogP contribution in [0.5, 0.6) is 0 Å². The van der Waals surface area contributed by atoms with Crippen molar-refractivity contribution in [1.82, 2.24) is 10.6 Å². The van der Waals surface area contributed by atoms with E-state index in [1.165, 1.54) is 30.6 Å². The molecule has 1 unspecified atom stereocenters. The molecule has 0 amide bonds. The Bertz CT molecular complexity index is 433. The number of hydrogen-bond acceptors (Lipinski definition) is 3. The molecule has 0 aromatic carbocycles. The van der Waals surface area contributed by atoms with E-state index in [4.69, 9.17) is 4.74 Å². The van der Waals surface area contributed by atoms with Crippen molar-refractivity contribution in [3.8, 4) is 0 Å². The summed E-state index contributed by atoms with van der Waals surface area (Å²) in [6.07, 6.45) is 6.84. The minimum atomic E-state index is 0. The lowest BCUT2D eigenvalue weighted by Crippen LogP contribution is -2.39. The molecular formula is C17H30IN3OS. The first kappa shape index (κ1) is 20.7. The zero-order valence-electron chi connectivity index (χ0n) is 14.2. The number of hydrogen-bond donors (Lipinski definition) is 2. The topological polar surface area (TPSA) is 45.6 Å². The number of halogens is 1. The summed E-state index contributed by atoms with van der Waals surface area (Å²) in [7, 11) is 1.82. The van der Waals surface area contributed by atoms with Crippen LogP contribution in [0.25, 0.3) is 0 Å². The molecule has 6 heteroatoms. The van der Waals surface area contributed by atoms with Gasteiger partial charge in [0, 0.05) is 25.1 Å².